The minimum Gasteiger partial charge on any atom is -0.355 e. The van der Waals surface area contributed by atoms with Crippen molar-refractivity contribution in [2.24, 2.45) is 5.92 Å². The minimum absolute atomic E-state index is 0.0702. The number of allylic oxidation sites excluding steroid dienone is 1. The molecule has 0 aliphatic heterocycles. The van der Waals surface area contributed by atoms with Crippen molar-refractivity contribution in [3.8, 4) is 11.4 Å². The van der Waals surface area contributed by atoms with Crippen LogP contribution in [0.1, 0.15) is 44.6 Å². The molecule has 1 fully saturated rings. The van der Waals surface area contributed by atoms with E-state index in [1.807, 2.05) is 29.7 Å². The van der Waals surface area contributed by atoms with Crippen molar-refractivity contribution in [3.63, 3.8) is 0 Å². The van der Waals surface area contributed by atoms with Gasteiger partial charge in [0.15, 0.2) is 11.0 Å². The number of carbonyl (C=O) groups is 1. The maximum Gasteiger partial charge on any atom is 0.233 e. The van der Waals surface area contributed by atoms with Gasteiger partial charge in [-0.3, -0.25) is 9.36 Å². The molecule has 0 bridgehead atoms. The van der Waals surface area contributed by atoms with Crippen LogP contribution in [0.5, 0.6) is 0 Å². The van der Waals surface area contributed by atoms with Gasteiger partial charge in [0, 0.05) is 18.7 Å². The molecule has 0 saturated heterocycles. The number of aryl methyl sites for hydroxylation is 1. The van der Waals surface area contributed by atoms with Gasteiger partial charge in [-0.1, -0.05) is 60.9 Å². The van der Waals surface area contributed by atoms with Gasteiger partial charge in [-0.25, -0.2) is 0 Å². The molecule has 2 aromatic rings. The van der Waals surface area contributed by atoms with Crippen LogP contribution in [0.15, 0.2) is 42.1 Å². The molecule has 6 heteroatoms. The lowest BCUT2D eigenvalue weighted by Crippen LogP contribution is -2.35. The normalized spacial score (nSPS) is 15.9. The van der Waals surface area contributed by atoms with Gasteiger partial charge in [-0.15, -0.1) is 16.8 Å². The van der Waals surface area contributed by atoms with E-state index in [1.165, 1.54) is 49.4 Å². The summed E-state index contributed by atoms with van der Waals surface area (Å²) in [7, 11) is 0. The molecule has 1 heterocycles. The number of carbonyl (C=O) groups excluding carboxylic acids is 1. The predicted octanol–water partition coefficient (Wildman–Crippen LogP) is 4.62. The highest BCUT2D eigenvalue weighted by molar-refractivity contribution is 8.00. The van der Waals surface area contributed by atoms with Crippen LogP contribution in [0.25, 0.3) is 11.4 Å². The molecule has 3 rings (SSSR count). The number of hydrogen-bond donors (Lipinski definition) is 1. The molecular weight excluding hydrogens is 368 g/mol. The number of thioether (sulfide) groups is 1. The van der Waals surface area contributed by atoms with E-state index < -0.39 is 0 Å². The van der Waals surface area contributed by atoms with E-state index in [2.05, 4.69) is 41.1 Å². The third-order valence-corrected chi connectivity index (χ3v) is 6.33. The molecule has 1 unspecified atom stereocenters. The molecule has 0 spiro atoms. The van der Waals surface area contributed by atoms with Crippen molar-refractivity contribution in [2.45, 2.75) is 62.9 Å². The predicted molar refractivity (Wildman–Crippen MR) is 115 cm³/mol. The molecule has 1 aromatic carbocycles. The maximum absolute atomic E-state index is 12.6. The molecule has 1 amide bonds. The fourth-order valence-electron chi connectivity index (χ4n) is 3.66. The molecule has 150 valence electrons. The van der Waals surface area contributed by atoms with E-state index in [1.54, 1.807) is 0 Å². The summed E-state index contributed by atoms with van der Waals surface area (Å²) in [5, 5.41) is 12.4. The minimum atomic E-state index is -0.221. The Kier molecular flexibility index (Phi) is 7.31. The Labute approximate surface area is 172 Å². The van der Waals surface area contributed by atoms with Crippen molar-refractivity contribution in [3.05, 3.63) is 42.5 Å². The van der Waals surface area contributed by atoms with Gasteiger partial charge in [-0.2, -0.15) is 0 Å². The van der Waals surface area contributed by atoms with Crippen molar-refractivity contribution < 1.29 is 4.79 Å². The Morgan fingerprint density at radius 1 is 1.36 bits per heavy atom. The van der Waals surface area contributed by atoms with Gasteiger partial charge in [0.25, 0.3) is 0 Å². The first-order valence-corrected chi connectivity index (χ1v) is 11.0. The van der Waals surface area contributed by atoms with E-state index in [0.29, 0.717) is 12.5 Å². The summed E-state index contributed by atoms with van der Waals surface area (Å²) < 4.78 is 2.03. The molecule has 1 atom stereocenters. The molecule has 5 nitrogen and oxygen atoms in total. The Morgan fingerprint density at radius 2 is 2.14 bits per heavy atom. The Balaban J connectivity index is 1.67. The van der Waals surface area contributed by atoms with Crippen LogP contribution >= 0.6 is 11.8 Å². The van der Waals surface area contributed by atoms with Gasteiger partial charge in [0.05, 0.1) is 5.25 Å². The first-order valence-electron chi connectivity index (χ1n) is 10.1. The van der Waals surface area contributed by atoms with Crippen LogP contribution < -0.4 is 5.32 Å². The number of amides is 1. The molecule has 1 aliphatic carbocycles. The zero-order valence-corrected chi connectivity index (χ0v) is 17.7. The molecule has 28 heavy (non-hydrogen) atoms. The summed E-state index contributed by atoms with van der Waals surface area (Å²) in [6, 6.07) is 8.21. The average molecular weight is 399 g/mol. The summed E-state index contributed by atoms with van der Waals surface area (Å²) in [4.78, 5) is 12.6. The second-order valence-electron chi connectivity index (χ2n) is 7.58. The summed E-state index contributed by atoms with van der Waals surface area (Å²) in [6.07, 6.45) is 8.21. The second-order valence-corrected chi connectivity index (χ2v) is 8.89. The van der Waals surface area contributed by atoms with Crippen molar-refractivity contribution in [1.29, 1.82) is 0 Å². The number of nitrogens with one attached hydrogen (secondary N) is 1. The second kappa shape index (κ2) is 9.92. The summed E-state index contributed by atoms with van der Waals surface area (Å²) in [6.45, 7) is 9.25. The summed E-state index contributed by atoms with van der Waals surface area (Å²) >= 11 is 1.45. The van der Waals surface area contributed by atoms with E-state index in [4.69, 9.17) is 0 Å². The third-order valence-electron chi connectivity index (χ3n) is 5.25. The van der Waals surface area contributed by atoms with Crippen molar-refractivity contribution in [1.82, 2.24) is 20.1 Å². The van der Waals surface area contributed by atoms with Crippen molar-refractivity contribution in [2.75, 3.05) is 6.54 Å². The van der Waals surface area contributed by atoms with Gasteiger partial charge >= 0.3 is 0 Å². The van der Waals surface area contributed by atoms with Crippen molar-refractivity contribution >= 4 is 17.7 Å². The lowest BCUT2D eigenvalue weighted by atomic mass is 9.89. The van der Waals surface area contributed by atoms with E-state index in [-0.39, 0.29) is 11.2 Å². The third kappa shape index (κ3) is 5.25. The van der Waals surface area contributed by atoms with Crippen LogP contribution in [0, 0.1) is 12.8 Å². The largest absolute Gasteiger partial charge is 0.355 e. The van der Waals surface area contributed by atoms with E-state index >= 15 is 0 Å². The quantitative estimate of drug-likeness (QED) is 0.521. The maximum atomic E-state index is 12.6. The first-order chi connectivity index (χ1) is 13.6. The topological polar surface area (TPSA) is 59.8 Å². The van der Waals surface area contributed by atoms with E-state index in [9.17, 15) is 4.79 Å². The smallest absolute Gasteiger partial charge is 0.233 e. The molecule has 1 saturated carbocycles. The lowest BCUT2D eigenvalue weighted by Gasteiger charge is -2.22. The number of nitrogens with zero attached hydrogens (tertiary/aromatic N) is 3. The fraction of sp³-hybridized carbons (Fsp3) is 0.500. The van der Waals surface area contributed by atoms with E-state index in [0.717, 1.165) is 23.1 Å². The highest BCUT2D eigenvalue weighted by atomic mass is 32.2. The van der Waals surface area contributed by atoms with Gasteiger partial charge in [0.2, 0.25) is 5.91 Å². The van der Waals surface area contributed by atoms with Crippen LogP contribution in [-0.4, -0.2) is 32.5 Å². The molecule has 1 aliphatic rings. The highest BCUT2D eigenvalue weighted by Crippen LogP contribution is 2.28. The molecular formula is C22H30N4OS. The van der Waals surface area contributed by atoms with Gasteiger partial charge < -0.3 is 5.32 Å². The highest BCUT2D eigenvalue weighted by Gasteiger charge is 2.22. The Morgan fingerprint density at radius 3 is 2.86 bits per heavy atom. The summed E-state index contributed by atoms with van der Waals surface area (Å²) in [5.74, 6) is 1.51. The number of hydrogen-bond acceptors (Lipinski definition) is 4. The average Bonchev–Trinajstić information content (AvgIpc) is 3.09. The first kappa shape index (κ1) is 20.6. The van der Waals surface area contributed by atoms with Crippen LogP contribution in [-0.2, 0) is 11.3 Å². The molecule has 0 radical (unpaired) electrons. The standard InChI is InChI=1S/C22H30N4OS/c1-4-13-26-20(19-12-8-9-16(2)14-19)24-25-22(26)28-17(3)21(27)23-15-18-10-6-5-7-11-18/h4,8-9,12,14,17-18H,1,5-7,10-11,13,15H2,2-3H3,(H,23,27). The fourth-order valence-corrected chi connectivity index (χ4v) is 4.54. The van der Waals surface area contributed by atoms with Gasteiger partial charge in [-0.05, 0) is 38.7 Å². The monoisotopic (exact) mass is 398 g/mol. The van der Waals surface area contributed by atoms with Crippen LogP contribution in [0.3, 0.4) is 0 Å². The van der Waals surface area contributed by atoms with Crippen LogP contribution in [0.2, 0.25) is 0 Å². The van der Waals surface area contributed by atoms with Crippen LogP contribution in [0.4, 0.5) is 0 Å². The number of aromatic nitrogens is 3. The molecule has 1 aromatic heterocycles. The number of rotatable bonds is 8. The number of benzene rings is 1. The summed E-state index contributed by atoms with van der Waals surface area (Å²) in [5.41, 5.74) is 2.20. The Bertz CT molecular complexity index is 811. The SMILES string of the molecule is C=CCn1c(SC(C)C(=O)NCC2CCCCC2)nnc1-c1cccc(C)c1. The zero-order valence-electron chi connectivity index (χ0n) is 16.9. The zero-order chi connectivity index (χ0) is 19.9. The Hall–Kier alpha value is -2.08. The lowest BCUT2D eigenvalue weighted by molar-refractivity contribution is -0.120. The van der Waals surface area contributed by atoms with Gasteiger partial charge in [0.1, 0.15) is 0 Å². The molecule has 1 N–H and O–H groups in total.